The van der Waals surface area contributed by atoms with Gasteiger partial charge in [0.05, 0.1) is 6.29 Å². The highest BCUT2D eigenvalue weighted by atomic mass is 31.2. The van der Waals surface area contributed by atoms with Crippen LogP contribution in [0.25, 0.3) is 0 Å². The number of hydrogen-bond acceptors (Lipinski definition) is 6. The van der Waals surface area contributed by atoms with Crippen molar-refractivity contribution >= 4 is 36.9 Å². The van der Waals surface area contributed by atoms with Crippen molar-refractivity contribution in [3.63, 3.8) is 0 Å². The molecule has 0 heterocycles. The molecule has 11 nitrogen and oxygen atoms in total. The summed E-state index contributed by atoms with van der Waals surface area (Å²) in [4.78, 5) is 61.9. The Bertz CT molecular complexity index is 1460. The number of ether oxygens (including phenoxy) is 1. The third kappa shape index (κ3) is 13.7. The maximum Gasteiger partial charge on any atom is 0.407 e. The van der Waals surface area contributed by atoms with Crippen LogP contribution in [0.2, 0.25) is 0 Å². The number of nitrogens with one attached hydrogen (secondary N) is 4. The summed E-state index contributed by atoms with van der Waals surface area (Å²) in [5.41, 5.74) is 2.32. The Kier molecular flexibility index (Phi) is 14.5. The van der Waals surface area contributed by atoms with E-state index in [1.807, 2.05) is 56.3 Å². The minimum Gasteiger partial charge on any atom is -0.445 e. The van der Waals surface area contributed by atoms with E-state index in [-0.39, 0.29) is 24.9 Å². The lowest BCUT2D eigenvalue weighted by molar-refractivity contribution is -0.129. The number of benzene rings is 3. The number of carbonyl (C=O) groups excluding carboxylic acids is 4. The minimum atomic E-state index is -4.06. The second-order valence-corrected chi connectivity index (χ2v) is 13.8. The van der Waals surface area contributed by atoms with Gasteiger partial charge in [0, 0.05) is 17.8 Å². The molecule has 0 aromatic heterocycles. The second-order valence-electron chi connectivity index (χ2n) is 11.5. The number of alkyl carbamates (subject to hydrolysis) is 1. The van der Waals surface area contributed by atoms with Crippen LogP contribution in [0.1, 0.15) is 37.8 Å². The lowest BCUT2D eigenvalue weighted by atomic mass is 9.98. The normalized spacial score (nSPS) is 13.5. The number of para-hydroxylation sites is 1. The van der Waals surface area contributed by atoms with E-state index in [0.717, 1.165) is 11.1 Å². The summed E-state index contributed by atoms with van der Waals surface area (Å²) in [6.45, 7) is 3.44. The summed E-state index contributed by atoms with van der Waals surface area (Å²) < 4.78 is 18.3. The fraction of sp³-hybridized carbons (Fsp3) is 0.353. The van der Waals surface area contributed by atoms with E-state index in [9.17, 15) is 28.6 Å². The van der Waals surface area contributed by atoms with Crippen molar-refractivity contribution in [3.05, 3.63) is 102 Å². The summed E-state index contributed by atoms with van der Waals surface area (Å²) in [7, 11) is -4.06. The highest BCUT2D eigenvalue weighted by molar-refractivity contribution is 7.58. The van der Waals surface area contributed by atoms with Gasteiger partial charge in [0.15, 0.2) is 0 Å². The van der Waals surface area contributed by atoms with Crippen molar-refractivity contribution in [1.29, 1.82) is 0 Å². The Morgan fingerprint density at radius 3 is 2.00 bits per heavy atom. The van der Waals surface area contributed by atoms with E-state index in [0.29, 0.717) is 18.5 Å². The van der Waals surface area contributed by atoms with Gasteiger partial charge < -0.3 is 30.9 Å². The van der Waals surface area contributed by atoms with Crippen molar-refractivity contribution in [3.8, 4) is 0 Å². The fourth-order valence-electron chi connectivity index (χ4n) is 4.64. The van der Waals surface area contributed by atoms with E-state index in [2.05, 4.69) is 21.3 Å². The highest BCUT2D eigenvalue weighted by Gasteiger charge is 2.32. The molecule has 3 rings (SSSR count). The van der Waals surface area contributed by atoms with E-state index in [4.69, 9.17) is 4.74 Å². The molecule has 5 N–H and O–H groups in total. The first-order chi connectivity index (χ1) is 22.0. The standard InChI is InChI=1S/C34H43N4O7P/c1-25(2)20-30(33(41)37-29-16-10-5-11-17-29)38-32(40)28(19-18-26-12-6-3-7-13-26)23-46(43,44)24-36-31(39)21-35-34(42)45-22-27-14-8-4-9-15-27/h3-17,25,28,30H,18-24H2,1-2H3,(H,35,42)(H,36,39)(H,37,41)(H,38,40)(H,43,44)/t28?,30-/m0/s1. The summed E-state index contributed by atoms with van der Waals surface area (Å²) in [6.07, 6.45) is -0.734. The maximum absolute atomic E-state index is 13.6. The quantitative estimate of drug-likeness (QED) is 0.133. The van der Waals surface area contributed by atoms with Crippen LogP contribution in [-0.2, 0) is 36.7 Å². The molecule has 12 heteroatoms. The van der Waals surface area contributed by atoms with Crippen LogP contribution in [0.15, 0.2) is 91.0 Å². The molecule has 3 aromatic rings. The molecule has 3 aromatic carbocycles. The van der Waals surface area contributed by atoms with Gasteiger partial charge in [-0.25, -0.2) is 4.79 Å². The van der Waals surface area contributed by atoms with Gasteiger partial charge in [-0.2, -0.15) is 0 Å². The van der Waals surface area contributed by atoms with Crippen LogP contribution in [-0.4, -0.2) is 53.7 Å². The Hall–Kier alpha value is -4.47. The first-order valence-electron chi connectivity index (χ1n) is 15.2. The predicted molar refractivity (Wildman–Crippen MR) is 177 cm³/mol. The number of carbonyl (C=O) groups is 4. The van der Waals surface area contributed by atoms with Crippen LogP contribution in [0.3, 0.4) is 0 Å². The summed E-state index contributed by atoms with van der Waals surface area (Å²) >= 11 is 0. The van der Waals surface area contributed by atoms with Crippen LogP contribution in [0, 0.1) is 11.8 Å². The Balaban J connectivity index is 1.59. The molecule has 0 radical (unpaired) electrons. The zero-order chi connectivity index (χ0) is 33.4. The molecular weight excluding hydrogens is 607 g/mol. The van der Waals surface area contributed by atoms with Crippen molar-refractivity contribution in [1.82, 2.24) is 16.0 Å². The van der Waals surface area contributed by atoms with Gasteiger partial charge in [-0.15, -0.1) is 0 Å². The molecule has 0 aliphatic carbocycles. The molecule has 246 valence electrons. The summed E-state index contributed by atoms with van der Waals surface area (Å²) in [5, 5.41) is 10.3. The van der Waals surface area contributed by atoms with Crippen molar-refractivity contribution < 1.29 is 33.4 Å². The molecule has 3 atom stereocenters. The van der Waals surface area contributed by atoms with Gasteiger partial charge in [-0.3, -0.25) is 18.9 Å². The fourth-order valence-corrected chi connectivity index (χ4v) is 6.23. The van der Waals surface area contributed by atoms with Crippen LogP contribution >= 0.6 is 7.37 Å². The number of anilines is 1. The molecule has 0 aliphatic heterocycles. The lowest BCUT2D eigenvalue weighted by Gasteiger charge is -2.25. The molecule has 0 bridgehead atoms. The van der Waals surface area contributed by atoms with E-state index < -0.39 is 56.2 Å². The van der Waals surface area contributed by atoms with E-state index >= 15 is 0 Å². The molecule has 0 aliphatic rings. The Labute approximate surface area is 270 Å². The zero-order valence-electron chi connectivity index (χ0n) is 26.2. The summed E-state index contributed by atoms with van der Waals surface area (Å²) in [6, 6.07) is 26.5. The molecule has 0 fully saturated rings. The third-order valence-electron chi connectivity index (χ3n) is 7.01. The smallest absolute Gasteiger partial charge is 0.407 e. The second kappa shape index (κ2) is 18.5. The molecule has 0 saturated heterocycles. The SMILES string of the molecule is CC(C)C[C@H](NC(=O)C(CCc1ccccc1)CP(=O)(O)CNC(=O)CNC(=O)OCc1ccccc1)C(=O)Nc1ccccc1. The monoisotopic (exact) mass is 650 g/mol. The number of hydrogen-bond donors (Lipinski definition) is 5. The number of aryl methyl sites for hydroxylation is 1. The van der Waals surface area contributed by atoms with Crippen molar-refractivity contribution in [2.24, 2.45) is 11.8 Å². The van der Waals surface area contributed by atoms with Gasteiger partial charge in [0.2, 0.25) is 25.1 Å². The first-order valence-corrected chi connectivity index (χ1v) is 17.3. The molecule has 2 unspecified atom stereocenters. The van der Waals surface area contributed by atoms with Crippen LogP contribution in [0.4, 0.5) is 10.5 Å². The van der Waals surface area contributed by atoms with Gasteiger partial charge in [0.25, 0.3) is 0 Å². The molecule has 46 heavy (non-hydrogen) atoms. The largest absolute Gasteiger partial charge is 0.445 e. The number of amides is 4. The average Bonchev–Trinajstić information content (AvgIpc) is 3.04. The Morgan fingerprint density at radius 2 is 1.39 bits per heavy atom. The first kappa shape index (κ1) is 36.0. The van der Waals surface area contributed by atoms with Crippen molar-refractivity contribution in [2.75, 3.05) is 24.3 Å². The molecule has 0 spiro atoms. The van der Waals surface area contributed by atoms with Gasteiger partial charge in [-0.05, 0) is 48.4 Å². The molecule has 0 saturated carbocycles. The van der Waals surface area contributed by atoms with E-state index in [1.54, 1.807) is 48.5 Å². The van der Waals surface area contributed by atoms with Crippen LogP contribution < -0.4 is 21.3 Å². The Morgan fingerprint density at radius 1 is 0.804 bits per heavy atom. The van der Waals surface area contributed by atoms with E-state index in [1.165, 1.54) is 0 Å². The van der Waals surface area contributed by atoms with Gasteiger partial charge in [-0.1, -0.05) is 92.7 Å². The van der Waals surface area contributed by atoms with Gasteiger partial charge >= 0.3 is 6.09 Å². The van der Waals surface area contributed by atoms with Crippen molar-refractivity contribution in [2.45, 2.75) is 45.8 Å². The predicted octanol–water partition coefficient (Wildman–Crippen LogP) is 4.68. The highest BCUT2D eigenvalue weighted by Crippen LogP contribution is 2.42. The third-order valence-corrected chi connectivity index (χ3v) is 8.68. The molecular formula is C34H43N4O7P. The molecule has 4 amide bonds. The zero-order valence-corrected chi connectivity index (χ0v) is 27.1. The lowest BCUT2D eigenvalue weighted by Crippen LogP contribution is -2.47. The maximum atomic E-state index is 13.6. The minimum absolute atomic E-state index is 0.0263. The van der Waals surface area contributed by atoms with Gasteiger partial charge in [0.1, 0.15) is 19.2 Å². The summed E-state index contributed by atoms with van der Waals surface area (Å²) in [5.74, 6) is -2.43. The average molecular weight is 651 g/mol. The topological polar surface area (TPSA) is 163 Å². The van der Waals surface area contributed by atoms with Crippen LogP contribution in [0.5, 0.6) is 0 Å². The number of rotatable bonds is 17.